The van der Waals surface area contributed by atoms with Crippen molar-refractivity contribution in [2.45, 2.75) is 6.04 Å². The predicted octanol–water partition coefficient (Wildman–Crippen LogP) is 4.02. The summed E-state index contributed by atoms with van der Waals surface area (Å²) >= 11 is 0. The third kappa shape index (κ3) is 2.18. The molecule has 0 saturated heterocycles. The fraction of sp³-hybridized carbons (Fsp3) is 0.125. The number of hydrogen-bond donors (Lipinski definition) is 1. The van der Waals surface area contributed by atoms with Gasteiger partial charge in [-0.3, -0.25) is 0 Å². The zero-order chi connectivity index (χ0) is 14.1. The minimum absolute atomic E-state index is 0.228. The van der Waals surface area contributed by atoms with Crippen LogP contribution in [0.1, 0.15) is 17.4 Å². The summed E-state index contributed by atoms with van der Waals surface area (Å²) in [5.41, 5.74) is 0.950. The van der Waals surface area contributed by atoms with Crippen molar-refractivity contribution in [3.05, 3.63) is 71.5 Å². The Morgan fingerprint density at radius 1 is 1.05 bits per heavy atom. The molecular weight excluding hydrogens is 260 g/mol. The van der Waals surface area contributed by atoms with Crippen LogP contribution in [0.25, 0.3) is 11.0 Å². The summed E-state index contributed by atoms with van der Waals surface area (Å²) in [4.78, 5) is 0. The molecule has 1 N–H and O–H groups in total. The standard InChI is InChI=1S/C16H13F2NO/c1-19-16(12-9-11(17)6-7-13(12)18)15-8-10-4-2-3-5-14(10)20-15/h2-9,16,19H,1H3. The summed E-state index contributed by atoms with van der Waals surface area (Å²) in [6.45, 7) is 0. The van der Waals surface area contributed by atoms with E-state index in [4.69, 9.17) is 4.42 Å². The van der Waals surface area contributed by atoms with Crippen LogP contribution in [-0.4, -0.2) is 7.05 Å². The van der Waals surface area contributed by atoms with Gasteiger partial charge in [-0.1, -0.05) is 18.2 Å². The first-order chi connectivity index (χ1) is 9.69. The average Bonchev–Trinajstić information content (AvgIpc) is 2.87. The van der Waals surface area contributed by atoms with Crippen LogP contribution in [0, 0.1) is 11.6 Å². The summed E-state index contributed by atoms with van der Waals surface area (Å²) in [5.74, 6) is -0.387. The second kappa shape index (κ2) is 5.06. The molecule has 2 aromatic carbocycles. The van der Waals surface area contributed by atoms with E-state index in [2.05, 4.69) is 5.32 Å². The van der Waals surface area contributed by atoms with Crippen molar-refractivity contribution in [2.24, 2.45) is 0 Å². The number of para-hydroxylation sites is 1. The fourth-order valence-corrected chi connectivity index (χ4v) is 2.33. The lowest BCUT2D eigenvalue weighted by atomic mass is 10.0. The number of fused-ring (bicyclic) bond motifs is 1. The Morgan fingerprint density at radius 2 is 1.85 bits per heavy atom. The lowest BCUT2D eigenvalue weighted by molar-refractivity contribution is 0.473. The number of benzene rings is 2. The van der Waals surface area contributed by atoms with Crippen molar-refractivity contribution in [3.63, 3.8) is 0 Å². The molecule has 0 radical (unpaired) electrons. The lowest BCUT2D eigenvalue weighted by Gasteiger charge is -2.14. The van der Waals surface area contributed by atoms with E-state index in [1.807, 2.05) is 30.3 Å². The number of nitrogens with one attached hydrogen (secondary N) is 1. The Bertz CT molecular complexity index is 718. The van der Waals surface area contributed by atoms with Gasteiger partial charge in [-0.2, -0.15) is 0 Å². The van der Waals surface area contributed by atoms with Crippen LogP contribution in [0.5, 0.6) is 0 Å². The molecule has 0 aliphatic carbocycles. The van der Waals surface area contributed by atoms with Crippen molar-refractivity contribution in [1.82, 2.24) is 5.32 Å². The number of rotatable bonds is 3. The molecule has 0 saturated carbocycles. The molecule has 0 bridgehead atoms. The smallest absolute Gasteiger partial charge is 0.134 e. The van der Waals surface area contributed by atoms with E-state index >= 15 is 0 Å². The first kappa shape index (κ1) is 12.8. The average molecular weight is 273 g/mol. The maximum absolute atomic E-state index is 13.9. The summed E-state index contributed by atoms with van der Waals surface area (Å²) in [5, 5.41) is 3.89. The highest BCUT2D eigenvalue weighted by atomic mass is 19.1. The van der Waals surface area contributed by atoms with Gasteiger partial charge in [0, 0.05) is 10.9 Å². The molecule has 0 aliphatic heterocycles. The molecule has 1 atom stereocenters. The van der Waals surface area contributed by atoms with Gasteiger partial charge in [-0.05, 0) is 37.4 Å². The highest BCUT2D eigenvalue weighted by molar-refractivity contribution is 5.77. The zero-order valence-corrected chi connectivity index (χ0v) is 10.9. The van der Waals surface area contributed by atoms with Gasteiger partial charge in [-0.15, -0.1) is 0 Å². The number of halogens is 2. The summed E-state index contributed by atoms with van der Waals surface area (Å²) in [6, 6.07) is 12.2. The van der Waals surface area contributed by atoms with Gasteiger partial charge in [0.05, 0.1) is 6.04 Å². The van der Waals surface area contributed by atoms with Gasteiger partial charge in [0.2, 0.25) is 0 Å². The quantitative estimate of drug-likeness (QED) is 0.779. The van der Waals surface area contributed by atoms with Crippen LogP contribution in [0.3, 0.4) is 0 Å². The van der Waals surface area contributed by atoms with Crippen LogP contribution in [-0.2, 0) is 0 Å². The molecule has 0 fully saturated rings. The van der Waals surface area contributed by atoms with Crippen molar-refractivity contribution >= 4 is 11.0 Å². The van der Waals surface area contributed by atoms with E-state index in [1.54, 1.807) is 7.05 Å². The van der Waals surface area contributed by atoms with Gasteiger partial charge in [0.1, 0.15) is 23.0 Å². The normalized spacial score (nSPS) is 12.8. The minimum atomic E-state index is -0.530. The third-order valence-corrected chi connectivity index (χ3v) is 3.29. The summed E-state index contributed by atoms with van der Waals surface area (Å²) in [7, 11) is 1.68. The molecule has 1 unspecified atom stereocenters. The fourth-order valence-electron chi connectivity index (χ4n) is 2.33. The topological polar surface area (TPSA) is 25.2 Å². The van der Waals surface area contributed by atoms with Crippen molar-refractivity contribution in [2.75, 3.05) is 7.05 Å². The Kier molecular flexibility index (Phi) is 3.24. The molecule has 3 aromatic rings. The molecule has 20 heavy (non-hydrogen) atoms. The van der Waals surface area contributed by atoms with Crippen LogP contribution < -0.4 is 5.32 Å². The first-order valence-corrected chi connectivity index (χ1v) is 6.29. The van der Waals surface area contributed by atoms with E-state index in [0.29, 0.717) is 5.76 Å². The van der Waals surface area contributed by atoms with E-state index in [-0.39, 0.29) is 5.56 Å². The summed E-state index contributed by atoms with van der Waals surface area (Å²) in [6.07, 6.45) is 0. The second-order valence-corrected chi connectivity index (χ2v) is 4.57. The second-order valence-electron chi connectivity index (χ2n) is 4.57. The monoisotopic (exact) mass is 273 g/mol. The maximum Gasteiger partial charge on any atom is 0.134 e. The van der Waals surface area contributed by atoms with E-state index in [1.165, 1.54) is 6.07 Å². The van der Waals surface area contributed by atoms with Gasteiger partial charge in [0.25, 0.3) is 0 Å². The van der Waals surface area contributed by atoms with Crippen LogP contribution in [0.15, 0.2) is 52.9 Å². The molecule has 3 rings (SSSR count). The molecule has 1 heterocycles. The molecule has 2 nitrogen and oxygen atoms in total. The Hall–Kier alpha value is -2.20. The predicted molar refractivity (Wildman–Crippen MR) is 73.5 cm³/mol. The number of furan rings is 1. The minimum Gasteiger partial charge on any atom is -0.459 e. The summed E-state index contributed by atoms with van der Waals surface area (Å²) < 4.78 is 33.0. The lowest BCUT2D eigenvalue weighted by Crippen LogP contribution is -2.18. The van der Waals surface area contributed by atoms with Gasteiger partial charge < -0.3 is 9.73 Å². The van der Waals surface area contributed by atoms with Crippen molar-refractivity contribution in [1.29, 1.82) is 0 Å². The Morgan fingerprint density at radius 3 is 2.60 bits per heavy atom. The largest absolute Gasteiger partial charge is 0.459 e. The third-order valence-electron chi connectivity index (χ3n) is 3.29. The highest BCUT2D eigenvalue weighted by Crippen LogP contribution is 2.29. The molecule has 0 amide bonds. The zero-order valence-electron chi connectivity index (χ0n) is 10.9. The number of hydrogen-bond acceptors (Lipinski definition) is 2. The molecule has 4 heteroatoms. The van der Waals surface area contributed by atoms with Gasteiger partial charge >= 0.3 is 0 Å². The van der Waals surface area contributed by atoms with Crippen LogP contribution in [0.4, 0.5) is 8.78 Å². The van der Waals surface area contributed by atoms with Crippen molar-refractivity contribution < 1.29 is 13.2 Å². The van der Waals surface area contributed by atoms with Gasteiger partial charge in [0.15, 0.2) is 0 Å². The first-order valence-electron chi connectivity index (χ1n) is 6.29. The Balaban J connectivity index is 2.11. The molecule has 1 aromatic heterocycles. The molecule has 0 aliphatic rings. The SMILES string of the molecule is CNC(c1cc2ccccc2o1)c1cc(F)ccc1F. The van der Waals surface area contributed by atoms with Crippen LogP contribution >= 0.6 is 0 Å². The highest BCUT2D eigenvalue weighted by Gasteiger charge is 2.20. The van der Waals surface area contributed by atoms with Crippen LogP contribution in [0.2, 0.25) is 0 Å². The molecule has 102 valence electrons. The van der Waals surface area contributed by atoms with E-state index < -0.39 is 17.7 Å². The van der Waals surface area contributed by atoms with Crippen molar-refractivity contribution in [3.8, 4) is 0 Å². The van der Waals surface area contributed by atoms with E-state index in [9.17, 15) is 8.78 Å². The van der Waals surface area contributed by atoms with E-state index in [0.717, 1.165) is 23.1 Å². The van der Waals surface area contributed by atoms with Gasteiger partial charge in [-0.25, -0.2) is 8.78 Å². The molecule has 0 spiro atoms. The Labute approximate surface area is 115 Å². The molecular formula is C16H13F2NO. The maximum atomic E-state index is 13.9.